The Morgan fingerprint density at radius 3 is 2.78 bits per heavy atom. The van der Waals surface area contributed by atoms with Crippen molar-refractivity contribution in [2.75, 3.05) is 18.9 Å². The lowest BCUT2D eigenvalue weighted by Gasteiger charge is -2.11. The number of carbonyl (C=O) groups is 1. The number of rotatable bonds is 5. The third-order valence-corrected chi connectivity index (χ3v) is 2.87. The summed E-state index contributed by atoms with van der Waals surface area (Å²) in [4.78, 5) is 22.1. The SMILES string of the molecule is CNCC(C)C(=O)Nc1ccc(Br)cc1[N+](=O)[O-]. The van der Waals surface area contributed by atoms with E-state index >= 15 is 0 Å². The van der Waals surface area contributed by atoms with Gasteiger partial charge in [-0.3, -0.25) is 14.9 Å². The van der Waals surface area contributed by atoms with Gasteiger partial charge in [-0.05, 0) is 19.2 Å². The Labute approximate surface area is 113 Å². The number of nitro benzene ring substituents is 1. The quantitative estimate of drug-likeness (QED) is 0.644. The molecule has 0 heterocycles. The van der Waals surface area contributed by atoms with Gasteiger partial charge in [-0.1, -0.05) is 22.9 Å². The summed E-state index contributed by atoms with van der Waals surface area (Å²) in [5, 5.41) is 16.3. The molecule has 0 radical (unpaired) electrons. The molecule has 1 aromatic carbocycles. The van der Waals surface area contributed by atoms with E-state index < -0.39 is 4.92 Å². The summed E-state index contributed by atoms with van der Waals surface area (Å²) in [6.45, 7) is 2.26. The summed E-state index contributed by atoms with van der Waals surface area (Å²) < 4.78 is 0.593. The maximum atomic E-state index is 11.8. The predicted octanol–water partition coefficient (Wildman–Crippen LogP) is 2.15. The van der Waals surface area contributed by atoms with Gasteiger partial charge in [0.25, 0.3) is 5.69 Å². The fourth-order valence-corrected chi connectivity index (χ4v) is 1.77. The summed E-state index contributed by atoms with van der Waals surface area (Å²) in [5.41, 5.74) is 0.0746. The van der Waals surface area contributed by atoms with Gasteiger partial charge in [-0.15, -0.1) is 0 Å². The zero-order valence-corrected chi connectivity index (χ0v) is 11.7. The van der Waals surface area contributed by atoms with Crippen LogP contribution in [0.5, 0.6) is 0 Å². The van der Waals surface area contributed by atoms with Gasteiger partial charge in [0.1, 0.15) is 5.69 Å². The molecule has 0 aliphatic heterocycles. The fraction of sp³-hybridized carbons (Fsp3) is 0.364. The van der Waals surface area contributed by atoms with Crippen molar-refractivity contribution in [3.63, 3.8) is 0 Å². The molecule has 1 atom stereocenters. The molecule has 7 heteroatoms. The van der Waals surface area contributed by atoms with Crippen LogP contribution in [0.15, 0.2) is 22.7 Å². The monoisotopic (exact) mass is 315 g/mol. The number of anilines is 1. The molecule has 0 aliphatic carbocycles. The minimum atomic E-state index is -0.525. The summed E-state index contributed by atoms with van der Waals surface area (Å²) in [6.07, 6.45) is 0. The van der Waals surface area contributed by atoms with Crippen molar-refractivity contribution in [1.29, 1.82) is 0 Å². The lowest BCUT2D eigenvalue weighted by molar-refractivity contribution is -0.384. The van der Waals surface area contributed by atoms with Crippen LogP contribution in [0.3, 0.4) is 0 Å². The second kappa shape index (κ2) is 6.46. The van der Waals surface area contributed by atoms with Gasteiger partial charge in [-0.25, -0.2) is 0 Å². The topological polar surface area (TPSA) is 84.3 Å². The van der Waals surface area contributed by atoms with Gasteiger partial charge in [0, 0.05) is 23.0 Å². The van der Waals surface area contributed by atoms with E-state index in [-0.39, 0.29) is 23.2 Å². The van der Waals surface area contributed by atoms with Crippen molar-refractivity contribution in [2.24, 2.45) is 5.92 Å². The number of benzene rings is 1. The van der Waals surface area contributed by atoms with Gasteiger partial charge in [0.05, 0.1) is 4.92 Å². The highest BCUT2D eigenvalue weighted by atomic mass is 79.9. The zero-order valence-electron chi connectivity index (χ0n) is 10.1. The second-order valence-corrected chi connectivity index (χ2v) is 4.78. The third kappa shape index (κ3) is 3.78. The van der Waals surface area contributed by atoms with Gasteiger partial charge < -0.3 is 10.6 Å². The Bertz CT molecular complexity index is 465. The van der Waals surface area contributed by atoms with E-state index in [4.69, 9.17) is 0 Å². The van der Waals surface area contributed by atoms with Crippen LogP contribution < -0.4 is 10.6 Å². The molecule has 1 unspecified atom stereocenters. The van der Waals surface area contributed by atoms with Crippen LogP contribution in [0.25, 0.3) is 0 Å². The lowest BCUT2D eigenvalue weighted by atomic mass is 10.1. The normalized spacial score (nSPS) is 11.9. The van der Waals surface area contributed by atoms with Crippen LogP contribution >= 0.6 is 15.9 Å². The third-order valence-electron chi connectivity index (χ3n) is 2.37. The molecule has 18 heavy (non-hydrogen) atoms. The van der Waals surface area contributed by atoms with E-state index in [1.54, 1.807) is 20.0 Å². The van der Waals surface area contributed by atoms with Crippen LogP contribution in [0, 0.1) is 16.0 Å². The first-order valence-corrected chi connectivity index (χ1v) is 6.14. The first kappa shape index (κ1) is 14.6. The van der Waals surface area contributed by atoms with Gasteiger partial charge >= 0.3 is 0 Å². The number of amides is 1. The number of halogens is 1. The van der Waals surface area contributed by atoms with E-state index in [2.05, 4.69) is 26.6 Å². The highest BCUT2D eigenvalue weighted by Gasteiger charge is 2.19. The van der Waals surface area contributed by atoms with E-state index in [0.29, 0.717) is 11.0 Å². The summed E-state index contributed by atoms with van der Waals surface area (Å²) in [7, 11) is 1.74. The molecule has 1 rings (SSSR count). The molecule has 0 spiro atoms. The maximum absolute atomic E-state index is 11.8. The van der Waals surface area contributed by atoms with Crippen LogP contribution in [-0.4, -0.2) is 24.4 Å². The molecule has 0 saturated heterocycles. The Hall–Kier alpha value is -1.47. The number of hydrogen-bond acceptors (Lipinski definition) is 4. The Balaban J connectivity index is 2.90. The van der Waals surface area contributed by atoms with Gasteiger partial charge in [-0.2, -0.15) is 0 Å². The lowest BCUT2D eigenvalue weighted by Crippen LogP contribution is -2.28. The highest BCUT2D eigenvalue weighted by molar-refractivity contribution is 9.10. The molecule has 0 aromatic heterocycles. The zero-order chi connectivity index (χ0) is 13.7. The van der Waals surface area contributed by atoms with Gasteiger partial charge in [0.2, 0.25) is 5.91 Å². The fourth-order valence-electron chi connectivity index (χ4n) is 1.42. The molecule has 2 N–H and O–H groups in total. The minimum absolute atomic E-state index is 0.130. The number of carbonyl (C=O) groups excluding carboxylic acids is 1. The predicted molar refractivity (Wildman–Crippen MR) is 72.5 cm³/mol. The Morgan fingerprint density at radius 1 is 1.56 bits per heavy atom. The van der Waals surface area contributed by atoms with Crippen LogP contribution in [0.1, 0.15) is 6.92 Å². The number of hydrogen-bond donors (Lipinski definition) is 2. The van der Waals surface area contributed by atoms with E-state index in [9.17, 15) is 14.9 Å². The Morgan fingerprint density at radius 2 is 2.22 bits per heavy atom. The average Bonchev–Trinajstić information content (AvgIpc) is 2.31. The molecule has 1 amide bonds. The van der Waals surface area contributed by atoms with E-state index in [1.165, 1.54) is 12.1 Å². The molecular formula is C11H14BrN3O3. The molecule has 98 valence electrons. The van der Waals surface area contributed by atoms with Crippen molar-refractivity contribution < 1.29 is 9.72 Å². The van der Waals surface area contributed by atoms with Crippen LogP contribution in [0.2, 0.25) is 0 Å². The molecule has 0 aliphatic rings. The van der Waals surface area contributed by atoms with Crippen LogP contribution in [0.4, 0.5) is 11.4 Å². The smallest absolute Gasteiger partial charge is 0.293 e. The summed E-state index contributed by atoms with van der Waals surface area (Å²) in [6, 6.07) is 4.51. The molecule has 0 fully saturated rings. The molecule has 0 saturated carbocycles. The standard InChI is InChI=1S/C11H14BrN3O3/c1-7(6-13-2)11(16)14-9-4-3-8(12)5-10(9)15(17)18/h3-5,7,13H,6H2,1-2H3,(H,14,16). The van der Waals surface area contributed by atoms with Crippen molar-refractivity contribution in [3.8, 4) is 0 Å². The summed E-state index contributed by atoms with van der Waals surface area (Å²) >= 11 is 3.16. The van der Waals surface area contributed by atoms with Crippen molar-refractivity contribution in [2.45, 2.75) is 6.92 Å². The maximum Gasteiger partial charge on any atom is 0.293 e. The molecule has 6 nitrogen and oxygen atoms in total. The largest absolute Gasteiger partial charge is 0.320 e. The molecule has 1 aromatic rings. The average molecular weight is 316 g/mol. The van der Waals surface area contributed by atoms with Crippen LogP contribution in [-0.2, 0) is 4.79 Å². The van der Waals surface area contributed by atoms with E-state index in [1.807, 2.05) is 0 Å². The second-order valence-electron chi connectivity index (χ2n) is 3.87. The summed E-state index contributed by atoms with van der Waals surface area (Å²) in [5.74, 6) is -0.520. The van der Waals surface area contributed by atoms with Crippen molar-refractivity contribution in [1.82, 2.24) is 5.32 Å². The van der Waals surface area contributed by atoms with Gasteiger partial charge in [0.15, 0.2) is 0 Å². The van der Waals surface area contributed by atoms with Crippen molar-refractivity contribution in [3.05, 3.63) is 32.8 Å². The number of nitrogens with zero attached hydrogens (tertiary/aromatic N) is 1. The number of nitro groups is 1. The molecule has 0 bridgehead atoms. The Kier molecular flexibility index (Phi) is 5.24. The van der Waals surface area contributed by atoms with Crippen molar-refractivity contribution >= 4 is 33.2 Å². The highest BCUT2D eigenvalue weighted by Crippen LogP contribution is 2.28. The molecular weight excluding hydrogens is 302 g/mol. The minimum Gasteiger partial charge on any atom is -0.320 e. The first-order valence-electron chi connectivity index (χ1n) is 5.35. The number of nitrogens with one attached hydrogen (secondary N) is 2. The first-order chi connectivity index (χ1) is 8.45. The van der Waals surface area contributed by atoms with E-state index in [0.717, 1.165) is 0 Å².